The third-order valence-electron chi connectivity index (χ3n) is 2.34. The zero-order chi connectivity index (χ0) is 7.84. The minimum absolute atomic E-state index is 0.0838. The largest absolute Gasteiger partial charge is 0.379 e. The number of hydrogen-bond acceptors (Lipinski definition) is 3. The molecular weight excluding hydrogens is 144 g/mol. The molecule has 0 aromatic heterocycles. The number of nitrogens with two attached hydrogens (primary N) is 1. The molecule has 2 unspecified atom stereocenters. The summed E-state index contributed by atoms with van der Waals surface area (Å²) < 4.78 is 5.16. The van der Waals surface area contributed by atoms with E-state index in [1.54, 1.807) is 0 Å². The topological polar surface area (TPSA) is 55.6 Å². The molecule has 62 valence electrons. The summed E-state index contributed by atoms with van der Waals surface area (Å²) in [5, 5.41) is 0. The van der Waals surface area contributed by atoms with Crippen LogP contribution in [0.15, 0.2) is 0 Å². The van der Waals surface area contributed by atoms with Gasteiger partial charge in [0.2, 0.25) is 5.91 Å². The van der Waals surface area contributed by atoms with Crippen molar-refractivity contribution in [1.29, 1.82) is 0 Å². The second kappa shape index (κ2) is 2.46. The van der Waals surface area contributed by atoms with Gasteiger partial charge in [0.25, 0.3) is 0 Å². The van der Waals surface area contributed by atoms with Gasteiger partial charge in [-0.1, -0.05) is 0 Å². The maximum Gasteiger partial charge on any atom is 0.241 e. The number of nitrogens with zero attached hydrogens (tertiary/aromatic N) is 1. The summed E-state index contributed by atoms with van der Waals surface area (Å²) in [5.41, 5.74) is 5.45. The lowest BCUT2D eigenvalue weighted by molar-refractivity contribution is -0.145. The fourth-order valence-electron chi connectivity index (χ4n) is 1.58. The van der Waals surface area contributed by atoms with Crippen LogP contribution in [0, 0.1) is 0 Å². The summed E-state index contributed by atoms with van der Waals surface area (Å²) in [4.78, 5) is 12.9. The smallest absolute Gasteiger partial charge is 0.241 e. The van der Waals surface area contributed by atoms with Crippen molar-refractivity contribution in [2.45, 2.75) is 18.5 Å². The van der Waals surface area contributed by atoms with Gasteiger partial charge in [0.15, 0.2) is 0 Å². The first-order valence-electron chi connectivity index (χ1n) is 3.93. The molecule has 2 rings (SSSR count). The Bertz CT molecular complexity index is 177. The molecule has 2 heterocycles. The SMILES string of the molecule is NC1CN(C2CCOC2)C1=O. The van der Waals surface area contributed by atoms with Crippen LogP contribution in [0.25, 0.3) is 0 Å². The van der Waals surface area contributed by atoms with Gasteiger partial charge in [-0.3, -0.25) is 4.79 Å². The van der Waals surface area contributed by atoms with Crippen LogP contribution in [0.4, 0.5) is 0 Å². The molecule has 0 spiro atoms. The molecule has 0 aliphatic carbocycles. The van der Waals surface area contributed by atoms with Gasteiger partial charge in [-0.15, -0.1) is 0 Å². The van der Waals surface area contributed by atoms with E-state index >= 15 is 0 Å². The fraction of sp³-hybridized carbons (Fsp3) is 0.857. The van der Waals surface area contributed by atoms with Crippen molar-refractivity contribution in [3.63, 3.8) is 0 Å². The van der Waals surface area contributed by atoms with E-state index in [-0.39, 0.29) is 11.9 Å². The molecular formula is C7H12N2O2. The molecule has 11 heavy (non-hydrogen) atoms. The number of hydrogen-bond donors (Lipinski definition) is 1. The number of amides is 1. The van der Waals surface area contributed by atoms with Crippen LogP contribution in [0.3, 0.4) is 0 Å². The van der Waals surface area contributed by atoms with E-state index in [0.29, 0.717) is 19.2 Å². The van der Waals surface area contributed by atoms with Crippen molar-refractivity contribution in [3.05, 3.63) is 0 Å². The molecule has 2 saturated heterocycles. The standard InChI is InChI=1S/C7H12N2O2/c8-6-3-9(7(6)10)5-1-2-11-4-5/h5-6H,1-4,8H2. The highest BCUT2D eigenvalue weighted by Gasteiger charge is 2.39. The Morgan fingerprint density at radius 2 is 2.45 bits per heavy atom. The van der Waals surface area contributed by atoms with Crippen LogP contribution in [0.2, 0.25) is 0 Å². The first-order valence-corrected chi connectivity index (χ1v) is 3.93. The van der Waals surface area contributed by atoms with Crippen LogP contribution < -0.4 is 5.73 Å². The van der Waals surface area contributed by atoms with Crippen molar-refractivity contribution in [3.8, 4) is 0 Å². The van der Waals surface area contributed by atoms with E-state index in [9.17, 15) is 4.79 Å². The molecule has 4 heteroatoms. The van der Waals surface area contributed by atoms with E-state index < -0.39 is 0 Å². The van der Waals surface area contributed by atoms with E-state index in [4.69, 9.17) is 10.5 Å². The van der Waals surface area contributed by atoms with Crippen LogP contribution >= 0.6 is 0 Å². The van der Waals surface area contributed by atoms with E-state index in [0.717, 1.165) is 13.0 Å². The Labute approximate surface area is 65.3 Å². The van der Waals surface area contributed by atoms with Gasteiger partial charge in [-0.05, 0) is 6.42 Å². The molecule has 0 radical (unpaired) electrons. The molecule has 2 fully saturated rings. The average molecular weight is 156 g/mol. The molecule has 2 aliphatic heterocycles. The average Bonchev–Trinajstić information content (AvgIpc) is 2.51. The Morgan fingerprint density at radius 3 is 2.91 bits per heavy atom. The lowest BCUT2D eigenvalue weighted by Crippen LogP contribution is -2.64. The molecule has 0 aromatic carbocycles. The summed E-state index contributed by atoms with van der Waals surface area (Å²) in [6.07, 6.45) is 0.971. The third-order valence-corrected chi connectivity index (χ3v) is 2.34. The molecule has 2 aliphatic rings. The van der Waals surface area contributed by atoms with Crippen molar-refractivity contribution in [2.24, 2.45) is 5.73 Å². The lowest BCUT2D eigenvalue weighted by atomic mass is 10.0. The van der Waals surface area contributed by atoms with E-state index in [1.807, 2.05) is 4.90 Å². The van der Waals surface area contributed by atoms with Crippen molar-refractivity contribution < 1.29 is 9.53 Å². The monoisotopic (exact) mass is 156 g/mol. The zero-order valence-corrected chi connectivity index (χ0v) is 6.32. The minimum atomic E-state index is -0.240. The second-order valence-corrected chi connectivity index (χ2v) is 3.11. The van der Waals surface area contributed by atoms with Gasteiger partial charge < -0.3 is 15.4 Å². The van der Waals surface area contributed by atoms with Crippen molar-refractivity contribution in [1.82, 2.24) is 4.90 Å². The first kappa shape index (κ1) is 7.06. The number of likely N-dealkylation sites (tertiary alicyclic amines) is 1. The Kier molecular flexibility index (Phi) is 1.58. The van der Waals surface area contributed by atoms with Gasteiger partial charge in [0.1, 0.15) is 6.04 Å². The molecule has 2 N–H and O–H groups in total. The summed E-state index contributed by atoms with van der Waals surface area (Å²) in [5.74, 6) is 0.0838. The molecule has 0 aromatic rings. The van der Waals surface area contributed by atoms with Gasteiger partial charge in [0.05, 0.1) is 12.6 Å². The summed E-state index contributed by atoms with van der Waals surface area (Å²) >= 11 is 0. The minimum Gasteiger partial charge on any atom is -0.379 e. The Morgan fingerprint density at radius 1 is 1.64 bits per heavy atom. The second-order valence-electron chi connectivity index (χ2n) is 3.11. The van der Waals surface area contributed by atoms with Gasteiger partial charge in [-0.25, -0.2) is 0 Å². The predicted octanol–water partition coefficient (Wildman–Crippen LogP) is -1.06. The molecule has 2 atom stereocenters. The number of β-lactam (4-membered cyclic amide) rings is 1. The predicted molar refractivity (Wildman–Crippen MR) is 38.9 cm³/mol. The highest BCUT2D eigenvalue weighted by Crippen LogP contribution is 2.19. The van der Waals surface area contributed by atoms with Crippen LogP contribution in [-0.4, -0.2) is 42.6 Å². The van der Waals surface area contributed by atoms with Gasteiger partial charge >= 0.3 is 0 Å². The van der Waals surface area contributed by atoms with Crippen LogP contribution in [0.5, 0.6) is 0 Å². The quantitative estimate of drug-likeness (QED) is 0.492. The Balaban J connectivity index is 1.92. The molecule has 0 bridgehead atoms. The summed E-state index contributed by atoms with van der Waals surface area (Å²) in [6, 6.07) is 0.0675. The van der Waals surface area contributed by atoms with Crippen molar-refractivity contribution in [2.75, 3.05) is 19.8 Å². The van der Waals surface area contributed by atoms with E-state index in [1.165, 1.54) is 0 Å². The number of ether oxygens (including phenoxy) is 1. The highest BCUT2D eigenvalue weighted by molar-refractivity contribution is 5.88. The zero-order valence-electron chi connectivity index (χ0n) is 6.32. The molecule has 0 saturated carbocycles. The van der Waals surface area contributed by atoms with Crippen LogP contribution in [-0.2, 0) is 9.53 Å². The Hall–Kier alpha value is -0.610. The summed E-state index contributed by atoms with van der Waals surface area (Å²) in [6.45, 7) is 2.19. The van der Waals surface area contributed by atoms with Gasteiger partial charge in [-0.2, -0.15) is 0 Å². The highest BCUT2D eigenvalue weighted by atomic mass is 16.5. The number of rotatable bonds is 1. The molecule has 4 nitrogen and oxygen atoms in total. The maximum atomic E-state index is 11.1. The van der Waals surface area contributed by atoms with Crippen molar-refractivity contribution >= 4 is 5.91 Å². The third kappa shape index (κ3) is 1.02. The lowest BCUT2D eigenvalue weighted by Gasteiger charge is -2.39. The maximum absolute atomic E-state index is 11.1. The van der Waals surface area contributed by atoms with Gasteiger partial charge in [0, 0.05) is 13.2 Å². The molecule has 1 amide bonds. The summed E-state index contributed by atoms with van der Waals surface area (Å²) in [7, 11) is 0. The number of carbonyl (C=O) groups excluding carboxylic acids is 1. The normalized spacial score (nSPS) is 37.5. The fourth-order valence-corrected chi connectivity index (χ4v) is 1.58. The number of carbonyl (C=O) groups is 1. The van der Waals surface area contributed by atoms with Crippen LogP contribution in [0.1, 0.15) is 6.42 Å². The first-order chi connectivity index (χ1) is 5.29. The van der Waals surface area contributed by atoms with E-state index in [2.05, 4.69) is 0 Å².